The first-order valence-electron chi connectivity index (χ1n) is 7.30. The van der Waals surface area contributed by atoms with Crippen molar-refractivity contribution < 1.29 is 24.2 Å². The number of methoxy groups -OCH3 is 1. The molecule has 1 aliphatic rings. The molecule has 2 unspecified atom stereocenters. The summed E-state index contributed by atoms with van der Waals surface area (Å²) in [6.07, 6.45) is 1.31. The van der Waals surface area contributed by atoms with E-state index in [2.05, 4.69) is 0 Å². The van der Waals surface area contributed by atoms with Gasteiger partial charge in [-0.3, -0.25) is 4.79 Å². The van der Waals surface area contributed by atoms with E-state index in [1.54, 1.807) is 31.4 Å². The van der Waals surface area contributed by atoms with Gasteiger partial charge in [-0.1, -0.05) is 6.92 Å². The van der Waals surface area contributed by atoms with Crippen molar-refractivity contribution in [3.8, 4) is 11.5 Å². The molecule has 0 radical (unpaired) electrons. The van der Waals surface area contributed by atoms with Crippen molar-refractivity contribution in [2.45, 2.75) is 25.8 Å². The lowest BCUT2D eigenvalue weighted by Crippen LogP contribution is -2.51. The molecule has 0 aliphatic carbocycles. The number of carboxylic acid groups (broad SMARTS) is 1. The zero-order valence-corrected chi connectivity index (χ0v) is 12.8. The van der Waals surface area contributed by atoms with Crippen LogP contribution in [0.5, 0.6) is 11.5 Å². The second-order valence-electron chi connectivity index (χ2n) is 5.53. The Labute approximate surface area is 129 Å². The summed E-state index contributed by atoms with van der Waals surface area (Å²) in [6.45, 7) is 2.30. The summed E-state index contributed by atoms with van der Waals surface area (Å²) in [5.41, 5.74) is 0. The number of carbonyl (C=O) groups excluding carboxylic acids is 1. The van der Waals surface area contributed by atoms with Gasteiger partial charge in [0.25, 0.3) is 5.91 Å². The first-order valence-corrected chi connectivity index (χ1v) is 7.30. The fourth-order valence-corrected chi connectivity index (χ4v) is 2.57. The molecule has 1 aliphatic heterocycles. The van der Waals surface area contributed by atoms with E-state index < -0.39 is 12.0 Å². The first kappa shape index (κ1) is 16.1. The number of aliphatic carboxylic acids is 1. The highest BCUT2D eigenvalue weighted by Crippen LogP contribution is 2.23. The molecule has 1 saturated heterocycles. The van der Waals surface area contributed by atoms with Gasteiger partial charge in [-0.2, -0.15) is 0 Å². The molecule has 0 bridgehead atoms. The van der Waals surface area contributed by atoms with E-state index in [4.69, 9.17) is 9.47 Å². The maximum Gasteiger partial charge on any atom is 0.326 e. The van der Waals surface area contributed by atoms with Gasteiger partial charge in [0.15, 0.2) is 6.61 Å². The van der Waals surface area contributed by atoms with Gasteiger partial charge in [-0.25, -0.2) is 4.79 Å². The number of piperidine rings is 1. The van der Waals surface area contributed by atoms with Crippen LogP contribution in [0, 0.1) is 5.92 Å². The maximum atomic E-state index is 12.2. The molecule has 0 spiro atoms. The molecule has 120 valence electrons. The number of ether oxygens (including phenoxy) is 2. The first-order chi connectivity index (χ1) is 10.5. The smallest absolute Gasteiger partial charge is 0.326 e. The fraction of sp³-hybridized carbons (Fsp3) is 0.500. The lowest BCUT2D eigenvalue weighted by Gasteiger charge is -2.35. The van der Waals surface area contributed by atoms with Crippen LogP contribution >= 0.6 is 0 Å². The minimum Gasteiger partial charge on any atom is -0.497 e. The molecule has 1 amide bonds. The summed E-state index contributed by atoms with van der Waals surface area (Å²) in [6, 6.07) is 6.14. The highest BCUT2D eigenvalue weighted by Gasteiger charge is 2.34. The monoisotopic (exact) mass is 307 g/mol. The molecule has 6 heteroatoms. The number of amides is 1. The quantitative estimate of drug-likeness (QED) is 0.897. The Morgan fingerprint density at radius 3 is 2.50 bits per heavy atom. The van der Waals surface area contributed by atoms with Crippen LogP contribution in [0.2, 0.25) is 0 Å². The number of benzene rings is 1. The molecule has 1 N–H and O–H groups in total. The molecule has 1 aromatic carbocycles. The highest BCUT2D eigenvalue weighted by molar-refractivity contribution is 5.84. The fourth-order valence-electron chi connectivity index (χ4n) is 2.57. The van der Waals surface area contributed by atoms with E-state index in [1.807, 2.05) is 6.92 Å². The van der Waals surface area contributed by atoms with E-state index >= 15 is 0 Å². The highest BCUT2D eigenvalue weighted by atomic mass is 16.5. The van der Waals surface area contributed by atoms with Crippen LogP contribution in [0.3, 0.4) is 0 Å². The third-order valence-electron chi connectivity index (χ3n) is 3.89. The van der Waals surface area contributed by atoms with Crippen molar-refractivity contribution in [2.24, 2.45) is 5.92 Å². The van der Waals surface area contributed by atoms with E-state index in [0.717, 1.165) is 6.42 Å². The molecule has 0 aromatic heterocycles. The molecule has 0 saturated carbocycles. The Morgan fingerprint density at radius 1 is 1.27 bits per heavy atom. The molecule has 1 aromatic rings. The summed E-state index contributed by atoms with van der Waals surface area (Å²) >= 11 is 0. The Balaban J connectivity index is 1.93. The van der Waals surface area contributed by atoms with Crippen LogP contribution in [-0.2, 0) is 9.59 Å². The van der Waals surface area contributed by atoms with E-state index in [-0.39, 0.29) is 12.5 Å². The second-order valence-corrected chi connectivity index (χ2v) is 5.53. The van der Waals surface area contributed by atoms with Gasteiger partial charge in [0.05, 0.1) is 7.11 Å². The van der Waals surface area contributed by atoms with Crippen molar-refractivity contribution >= 4 is 11.9 Å². The van der Waals surface area contributed by atoms with Crippen LogP contribution in [0.4, 0.5) is 0 Å². The molecule has 22 heavy (non-hydrogen) atoms. The van der Waals surface area contributed by atoms with Crippen LogP contribution < -0.4 is 9.47 Å². The zero-order chi connectivity index (χ0) is 16.1. The molecule has 1 heterocycles. The van der Waals surface area contributed by atoms with E-state index in [9.17, 15) is 14.7 Å². The largest absolute Gasteiger partial charge is 0.497 e. The lowest BCUT2D eigenvalue weighted by molar-refractivity contribution is -0.153. The van der Waals surface area contributed by atoms with Gasteiger partial charge in [0, 0.05) is 6.54 Å². The van der Waals surface area contributed by atoms with Crippen molar-refractivity contribution in [2.75, 3.05) is 20.3 Å². The van der Waals surface area contributed by atoms with Crippen molar-refractivity contribution in [1.82, 2.24) is 4.90 Å². The predicted octanol–water partition coefficient (Wildman–Crippen LogP) is 1.79. The Kier molecular flexibility index (Phi) is 5.25. The van der Waals surface area contributed by atoms with Crippen molar-refractivity contribution in [3.63, 3.8) is 0 Å². The number of carboxylic acids is 1. The number of carbonyl (C=O) groups is 2. The summed E-state index contributed by atoms with van der Waals surface area (Å²) in [4.78, 5) is 24.9. The number of hydrogen-bond donors (Lipinski definition) is 1. The Hall–Kier alpha value is -2.24. The topological polar surface area (TPSA) is 76.1 Å². The average molecular weight is 307 g/mol. The van der Waals surface area contributed by atoms with Gasteiger partial charge in [-0.15, -0.1) is 0 Å². The standard InChI is InChI=1S/C16H21NO5/c1-11-7-8-17(14(9-11)16(19)20)15(18)10-22-13-5-3-12(21-2)4-6-13/h3-6,11,14H,7-10H2,1-2H3,(H,19,20). The van der Waals surface area contributed by atoms with Gasteiger partial charge in [-0.05, 0) is 43.0 Å². The second kappa shape index (κ2) is 7.15. The summed E-state index contributed by atoms with van der Waals surface area (Å²) < 4.78 is 10.5. The normalized spacial score (nSPS) is 21.3. The Morgan fingerprint density at radius 2 is 1.91 bits per heavy atom. The molecule has 1 fully saturated rings. The lowest BCUT2D eigenvalue weighted by atomic mass is 9.92. The van der Waals surface area contributed by atoms with Crippen LogP contribution in [0.25, 0.3) is 0 Å². The summed E-state index contributed by atoms with van der Waals surface area (Å²) in [5.74, 6) is 0.313. The molecule has 6 nitrogen and oxygen atoms in total. The predicted molar refractivity (Wildman–Crippen MR) is 80.0 cm³/mol. The third-order valence-corrected chi connectivity index (χ3v) is 3.89. The third kappa shape index (κ3) is 3.90. The molecular formula is C16H21NO5. The number of nitrogens with zero attached hydrogens (tertiary/aromatic N) is 1. The van der Waals surface area contributed by atoms with E-state index in [0.29, 0.717) is 30.4 Å². The van der Waals surface area contributed by atoms with E-state index in [1.165, 1.54) is 4.90 Å². The van der Waals surface area contributed by atoms with Crippen LogP contribution in [-0.4, -0.2) is 48.2 Å². The minimum atomic E-state index is -0.954. The van der Waals surface area contributed by atoms with Gasteiger partial charge in [0.1, 0.15) is 17.5 Å². The zero-order valence-electron chi connectivity index (χ0n) is 12.8. The van der Waals surface area contributed by atoms with Gasteiger partial charge >= 0.3 is 5.97 Å². The molecule has 2 rings (SSSR count). The van der Waals surface area contributed by atoms with Crippen molar-refractivity contribution in [3.05, 3.63) is 24.3 Å². The van der Waals surface area contributed by atoms with Gasteiger partial charge in [0.2, 0.25) is 0 Å². The minimum absolute atomic E-state index is 0.162. The summed E-state index contributed by atoms with van der Waals surface area (Å²) in [5, 5.41) is 9.27. The average Bonchev–Trinajstić information content (AvgIpc) is 2.53. The number of likely N-dealkylation sites (tertiary alicyclic amines) is 1. The molecule has 2 atom stereocenters. The van der Waals surface area contributed by atoms with Crippen LogP contribution in [0.15, 0.2) is 24.3 Å². The van der Waals surface area contributed by atoms with Crippen LogP contribution in [0.1, 0.15) is 19.8 Å². The summed E-state index contributed by atoms with van der Waals surface area (Å²) in [7, 11) is 1.57. The Bertz CT molecular complexity index is 528. The van der Waals surface area contributed by atoms with Gasteiger partial charge < -0.3 is 19.5 Å². The molecular weight excluding hydrogens is 286 g/mol. The SMILES string of the molecule is COc1ccc(OCC(=O)N2CCC(C)CC2C(=O)O)cc1. The maximum absolute atomic E-state index is 12.2. The van der Waals surface area contributed by atoms with Crippen molar-refractivity contribution in [1.29, 1.82) is 0 Å². The number of hydrogen-bond acceptors (Lipinski definition) is 4. The number of rotatable bonds is 5.